The largest absolute Gasteiger partial charge is 0.493 e. The zero-order valence-corrected chi connectivity index (χ0v) is 13.8. The Morgan fingerprint density at radius 2 is 1.95 bits per heavy atom. The molecule has 1 aromatic carbocycles. The number of amides is 1. The molecule has 1 aliphatic rings. The van der Waals surface area contributed by atoms with Crippen molar-refractivity contribution in [2.24, 2.45) is 5.92 Å². The molecule has 1 amide bonds. The van der Waals surface area contributed by atoms with Gasteiger partial charge in [-0.15, -0.1) is 0 Å². The number of rotatable bonds is 5. The Bertz CT molecular complexity index is 656. The highest BCUT2D eigenvalue weighted by atomic mass is 32.2. The summed E-state index contributed by atoms with van der Waals surface area (Å²) in [6.07, 6.45) is 0.396. The molecule has 2 rings (SSSR count). The van der Waals surface area contributed by atoms with Gasteiger partial charge in [-0.05, 0) is 31.0 Å². The van der Waals surface area contributed by atoms with E-state index in [1.165, 1.54) is 0 Å². The summed E-state index contributed by atoms with van der Waals surface area (Å²) in [6.45, 7) is 1.85. The van der Waals surface area contributed by atoms with E-state index in [0.717, 1.165) is 5.56 Å². The van der Waals surface area contributed by atoms with E-state index in [1.54, 1.807) is 26.4 Å². The van der Waals surface area contributed by atoms with Gasteiger partial charge in [0.2, 0.25) is 5.91 Å². The van der Waals surface area contributed by atoms with Gasteiger partial charge in [-0.2, -0.15) is 0 Å². The molecule has 0 spiro atoms. The van der Waals surface area contributed by atoms with Crippen molar-refractivity contribution in [3.8, 4) is 11.5 Å². The van der Waals surface area contributed by atoms with Gasteiger partial charge in [0.05, 0.1) is 37.7 Å². The fourth-order valence-electron chi connectivity index (χ4n) is 2.54. The molecule has 1 aromatic rings. The molecule has 0 unspecified atom stereocenters. The molecule has 1 aliphatic heterocycles. The summed E-state index contributed by atoms with van der Waals surface area (Å²) in [5, 5.41) is 2.86. The van der Waals surface area contributed by atoms with E-state index in [-0.39, 0.29) is 23.5 Å². The van der Waals surface area contributed by atoms with Crippen molar-refractivity contribution in [3.63, 3.8) is 0 Å². The summed E-state index contributed by atoms with van der Waals surface area (Å²) in [4.78, 5) is 12.2. The first-order valence-electron chi connectivity index (χ1n) is 7.09. The Balaban J connectivity index is 2.06. The van der Waals surface area contributed by atoms with Crippen LogP contribution in [0.25, 0.3) is 0 Å². The third-order valence-electron chi connectivity index (χ3n) is 3.87. The summed E-state index contributed by atoms with van der Waals surface area (Å²) in [7, 11) is 0.0507. The van der Waals surface area contributed by atoms with Crippen LogP contribution in [0.1, 0.15) is 24.9 Å². The quantitative estimate of drug-likeness (QED) is 0.882. The van der Waals surface area contributed by atoms with Gasteiger partial charge in [-0.25, -0.2) is 8.42 Å². The fraction of sp³-hybridized carbons (Fsp3) is 0.533. The van der Waals surface area contributed by atoms with E-state index in [0.29, 0.717) is 17.9 Å². The smallest absolute Gasteiger partial charge is 0.224 e. The first-order valence-corrected chi connectivity index (χ1v) is 8.91. The Hall–Kier alpha value is -1.76. The molecule has 122 valence electrons. The highest BCUT2D eigenvalue weighted by molar-refractivity contribution is 7.91. The van der Waals surface area contributed by atoms with Crippen molar-refractivity contribution in [1.29, 1.82) is 0 Å². The number of methoxy groups -OCH3 is 2. The van der Waals surface area contributed by atoms with E-state index in [1.807, 2.05) is 13.0 Å². The maximum Gasteiger partial charge on any atom is 0.224 e. The monoisotopic (exact) mass is 327 g/mol. The number of ether oxygens (including phenoxy) is 2. The number of sulfone groups is 1. The summed E-state index contributed by atoms with van der Waals surface area (Å²) < 4.78 is 33.3. The van der Waals surface area contributed by atoms with Gasteiger partial charge in [0, 0.05) is 0 Å². The Morgan fingerprint density at radius 1 is 1.27 bits per heavy atom. The van der Waals surface area contributed by atoms with Gasteiger partial charge < -0.3 is 14.8 Å². The normalized spacial score (nSPS) is 21.1. The molecule has 22 heavy (non-hydrogen) atoms. The first kappa shape index (κ1) is 16.6. The zero-order valence-electron chi connectivity index (χ0n) is 13.0. The number of carbonyl (C=O) groups is 1. The van der Waals surface area contributed by atoms with Gasteiger partial charge in [-0.3, -0.25) is 4.79 Å². The van der Waals surface area contributed by atoms with Crippen LogP contribution >= 0.6 is 0 Å². The van der Waals surface area contributed by atoms with E-state index in [4.69, 9.17) is 9.47 Å². The van der Waals surface area contributed by atoms with Crippen LogP contribution in [-0.2, 0) is 14.6 Å². The van der Waals surface area contributed by atoms with Gasteiger partial charge in [0.15, 0.2) is 21.3 Å². The van der Waals surface area contributed by atoms with Crippen LogP contribution in [0.15, 0.2) is 18.2 Å². The minimum atomic E-state index is -3.06. The topological polar surface area (TPSA) is 81.7 Å². The number of carbonyl (C=O) groups excluding carboxylic acids is 1. The van der Waals surface area contributed by atoms with Crippen LogP contribution in [-0.4, -0.2) is 40.1 Å². The molecule has 7 heteroatoms. The molecule has 0 bridgehead atoms. The lowest BCUT2D eigenvalue weighted by Crippen LogP contribution is -2.33. The third kappa shape index (κ3) is 3.71. The lowest BCUT2D eigenvalue weighted by molar-refractivity contribution is -0.124. The third-order valence-corrected chi connectivity index (χ3v) is 5.64. The van der Waals surface area contributed by atoms with Gasteiger partial charge in [-0.1, -0.05) is 6.07 Å². The van der Waals surface area contributed by atoms with Crippen LogP contribution in [0.4, 0.5) is 0 Å². The van der Waals surface area contributed by atoms with Crippen molar-refractivity contribution in [2.45, 2.75) is 19.4 Å². The van der Waals surface area contributed by atoms with Gasteiger partial charge in [0.1, 0.15) is 0 Å². The number of nitrogens with one attached hydrogen (secondary N) is 1. The second-order valence-corrected chi connectivity index (χ2v) is 7.67. The molecule has 0 radical (unpaired) electrons. The maximum absolute atomic E-state index is 12.2. The van der Waals surface area contributed by atoms with E-state index >= 15 is 0 Å². The standard InChI is InChI=1S/C15H21NO5S/c1-10(11-4-5-13(20-2)14(8-11)21-3)16-15(17)12-6-7-22(18,19)9-12/h4-5,8,10,12H,6-7,9H2,1-3H3,(H,16,17)/t10-,12-/m0/s1. The predicted octanol–water partition coefficient (Wildman–Crippen LogP) is 1.32. The summed E-state index contributed by atoms with van der Waals surface area (Å²) in [6, 6.07) is 5.18. The minimum Gasteiger partial charge on any atom is -0.493 e. The lowest BCUT2D eigenvalue weighted by atomic mass is 10.0. The molecule has 0 saturated carbocycles. The molecule has 0 aromatic heterocycles. The van der Waals surface area contributed by atoms with Crippen molar-refractivity contribution in [3.05, 3.63) is 23.8 Å². The maximum atomic E-state index is 12.2. The zero-order chi connectivity index (χ0) is 16.3. The Labute approximate surface area is 130 Å². The van der Waals surface area contributed by atoms with E-state index < -0.39 is 15.8 Å². The van der Waals surface area contributed by atoms with Crippen LogP contribution in [0.5, 0.6) is 11.5 Å². The van der Waals surface area contributed by atoms with Crippen LogP contribution in [0, 0.1) is 5.92 Å². The van der Waals surface area contributed by atoms with Gasteiger partial charge in [0.25, 0.3) is 0 Å². The minimum absolute atomic E-state index is 0.0580. The average Bonchev–Trinajstić information content (AvgIpc) is 2.86. The van der Waals surface area contributed by atoms with E-state index in [2.05, 4.69) is 5.32 Å². The predicted molar refractivity (Wildman–Crippen MR) is 82.9 cm³/mol. The molecular weight excluding hydrogens is 306 g/mol. The first-order chi connectivity index (χ1) is 10.4. The Kier molecular flexibility index (Phi) is 4.95. The molecule has 1 heterocycles. The van der Waals surface area contributed by atoms with Crippen LogP contribution in [0.3, 0.4) is 0 Å². The number of benzene rings is 1. The average molecular weight is 327 g/mol. The Morgan fingerprint density at radius 3 is 2.50 bits per heavy atom. The summed E-state index contributed by atoms with van der Waals surface area (Å²) in [5.41, 5.74) is 0.867. The molecule has 1 N–H and O–H groups in total. The van der Waals surface area contributed by atoms with Crippen LogP contribution in [0.2, 0.25) is 0 Å². The molecule has 2 atom stereocenters. The molecular formula is C15H21NO5S. The molecule has 0 aliphatic carbocycles. The second kappa shape index (κ2) is 6.56. The van der Waals surface area contributed by atoms with Gasteiger partial charge >= 0.3 is 0 Å². The number of hydrogen-bond donors (Lipinski definition) is 1. The highest BCUT2D eigenvalue weighted by Crippen LogP contribution is 2.30. The lowest BCUT2D eigenvalue weighted by Gasteiger charge is -2.18. The summed E-state index contributed by atoms with van der Waals surface area (Å²) >= 11 is 0. The molecule has 1 fully saturated rings. The van der Waals surface area contributed by atoms with Crippen molar-refractivity contribution in [1.82, 2.24) is 5.32 Å². The SMILES string of the molecule is COc1ccc([C@H](C)NC(=O)[C@H]2CCS(=O)(=O)C2)cc1OC. The number of hydrogen-bond acceptors (Lipinski definition) is 5. The second-order valence-electron chi connectivity index (χ2n) is 5.44. The fourth-order valence-corrected chi connectivity index (χ4v) is 4.28. The van der Waals surface area contributed by atoms with E-state index in [9.17, 15) is 13.2 Å². The van der Waals surface area contributed by atoms with Crippen molar-refractivity contribution < 1.29 is 22.7 Å². The van der Waals surface area contributed by atoms with Crippen molar-refractivity contribution >= 4 is 15.7 Å². The van der Waals surface area contributed by atoms with Crippen molar-refractivity contribution in [2.75, 3.05) is 25.7 Å². The van der Waals surface area contributed by atoms with Crippen LogP contribution < -0.4 is 14.8 Å². The highest BCUT2D eigenvalue weighted by Gasteiger charge is 2.33. The summed E-state index contributed by atoms with van der Waals surface area (Å²) in [5.74, 6) is 0.569. The molecule has 6 nitrogen and oxygen atoms in total. The molecule has 1 saturated heterocycles.